The molecular formula is C12H13F4N3O2. The smallest absolute Gasteiger partial charge is 0.282 e. The molecule has 9 heteroatoms. The maximum Gasteiger partial charge on any atom is 0.282 e. The van der Waals surface area contributed by atoms with E-state index in [2.05, 4.69) is 10.3 Å². The van der Waals surface area contributed by atoms with E-state index >= 15 is 0 Å². The van der Waals surface area contributed by atoms with Crippen molar-refractivity contribution in [3.05, 3.63) is 12.1 Å². The summed E-state index contributed by atoms with van der Waals surface area (Å²) in [6, 6.07) is 2.64. The van der Waals surface area contributed by atoms with Crippen LogP contribution in [0.5, 0.6) is 5.88 Å². The molecule has 0 aromatic carbocycles. The van der Waals surface area contributed by atoms with Gasteiger partial charge in [-0.3, -0.25) is 4.79 Å². The zero-order valence-corrected chi connectivity index (χ0v) is 11.1. The summed E-state index contributed by atoms with van der Waals surface area (Å²) in [6.45, 7) is -0.640. The first-order valence-corrected chi connectivity index (χ1v) is 6.08. The molecule has 116 valence electrons. The van der Waals surface area contributed by atoms with E-state index in [0.29, 0.717) is 0 Å². The Balaban J connectivity index is 2.18. The summed E-state index contributed by atoms with van der Waals surface area (Å²) in [4.78, 5) is 16.2. The molecule has 1 aromatic rings. The summed E-state index contributed by atoms with van der Waals surface area (Å²) < 4.78 is 54.8. The van der Waals surface area contributed by atoms with Crippen LogP contribution >= 0.6 is 0 Å². The Morgan fingerprint density at radius 2 is 2.14 bits per heavy atom. The van der Waals surface area contributed by atoms with E-state index in [1.165, 1.54) is 24.0 Å². The van der Waals surface area contributed by atoms with Crippen LogP contribution in [0.15, 0.2) is 12.1 Å². The third-order valence-electron chi connectivity index (χ3n) is 2.63. The number of alkyl halides is 4. The number of nitrogens with one attached hydrogen (secondary N) is 1. The van der Waals surface area contributed by atoms with Gasteiger partial charge >= 0.3 is 0 Å². The van der Waals surface area contributed by atoms with Gasteiger partial charge in [0.25, 0.3) is 12.3 Å². The van der Waals surface area contributed by atoms with Crippen LogP contribution in [0.25, 0.3) is 0 Å². The number of carbonyl (C=O) groups is 1. The highest BCUT2D eigenvalue weighted by Gasteiger charge is 2.44. The van der Waals surface area contributed by atoms with Gasteiger partial charge in [0.15, 0.2) is 6.61 Å². The SMILES string of the molecule is CC(=O)Nc1cc(OCC(F)F)nc(N2CC(F)(F)C2)c1. The summed E-state index contributed by atoms with van der Waals surface area (Å²) >= 11 is 0. The summed E-state index contributed by atoms with van der Waals surface area (Å²) in [5.74, 6) is -3.21. The summed E-state index contributed by atoms with van der Waals surface area (Å²) in [6.07, 6.45) is -2.69. The third kappa shape index (κ3) is 4.20. The molecule has 1 amide bonds. The molecule has 1 aliphatic rings. The van der Waals surface area contributed by atoms with Gasteiger partial charge in [-0.2, -0.15) is 4.98 Å². The number of anilines is 2. The predicted molar refractivity (Wildman–Crippen MR) is 67.2 cm³/mol. The third-order valence-corrected chi connectivity index (χ3v) is 2.63. The van der Waals surface area contributed by atoms with E-state index < -0.39 is 32.0 Å². The van der Waals surface area contributed by atoms with Crippen molar-refractivity contribution in [2.75, 3.05) is 29.9 Å². The first-order valence-electron chi connectivity index (χ1n) is 6.08. The first-order chi connectivity index (χ1) is 9.75. The van der Waals surface area contributed by atoms with Gasteiger partial charge in [-0.15, -0.1) is 0 Å². The molecule has 1 N–H and O–H groups in total. The van der Waals surface area contributed by atoms with Gasteiger partial charge in [-0.05, 0) is 0 Å². The number of hydrogen-bond donors (Lipinski definition) is 1. The minimum absolute atomic E-state index is 0.136. The molecule has 0 aliphatic carbocycles. The molecule has 0 bridgehead atoms. The first kappa shape index (κ1) is 15.3. The lowest BCUT2D eigenvalue weighted by Gasteiger charge is -2.39. The molecule has 0 unspecified atom stereocenters. The number of pyridine rings is 1. The number of ether oxygens (including phenoxy) is 1. The topological polar surface area (TPSA) is 54.5 Å². The minimum atomic E-state index is -2.80. The molecule has 0 radical (unpaired) electrons. The van der Waals surface area contributed by atoms with Crippen molar-refractivity contribution in [1.82, 2.24) is 4.98 Å². The number of amides is 1. The van der Waals surface area contributed by atoms with Crippen LogP contribution in [-0.2, 0) is 4.79 Å². The van der Waals surface area contributed by atoms with Crippen molar-refractivity contribution < 1.29 is 27.1 Å². The summed E-state index contributed by atoms with van der Waals surface area (Å²) in [5, 5.41) is 2.44. The maximum absolute atomic E-state index is 12.9. The van der Waals surface area contributed by atoms with Gasteiger partial charge < -0.3 is 15.0 Å². The van der Waals surface area contributed by atoms with Crippen molar-refractivity contribution in [3.63, 3.8) is 0 Å². The molecule has 1 fully saturated rings. The van der Waals surface area contributed by atoms with Crippen LogP contribution in [-0.4, -0.2) is 42.9 Å². The highest BCUT2D eigenvalue weighted by molar-refractivity contribution is 5.89. The zero-order chi connectivity index (χ0) is 15.6. The van der Waals surface area contributed by atoms with Crippen molar-refractivity contribution in [3.8, 4) is 5.88 Å². The fraction of sp³-hybridized carbons (Fsp3) is 0.500. The Morgan fingerprint density at radius 3 is 2.67 bits per heavy atom. The largest absolute Gasteiger partial charge is 0.471 e. The van der Waals surface area contributed by atoms with Crippen molar-refractivity contribution in [2.24, 2.45) is 0 Å². The minimum Gasteiger partial charge on any atom is -0.471 e. The van der Waals surface area contributed by atoms with E-state index in [4.69, 9.17) is 4.74 Å². The predicted octanol–water partition coefficient (Wildman–Crippen LogP) is 2.14. The lowest BCUT2D eigenvalue weighted by atomic mass is 10.1. The Labute approximate surface area is 117 Å². The molecule has 5 nitrogen and oxygen atoms in total. The average molecular weight is 307 g/mol. The van der Waals surface area contributed by atoms with Gasteiger partial charge in [0.2, 0.25) is 11.8 Å². The lowest BCUT2D eigenvalue weighted by Crippen LogP contribution is -2.56. The molecule has 0 atom stereocenters. The highest BCUT2D eigenvalue weighted by atomic mass is 19.3. The van der Waals surface area contributed by atoms with Crippen LogP contribution in [0, 0.1) is 0 Å². The van der Waals surface area contributed by atoms with Gasteiger partial charge in [0.05, 0.1) is 13.1 Å². The van der Waals surface area contributed by atoms with Crippen molar-refractivity contribution >= 4 is 17.4 Å². The molecule has 1 aliphatic heterocycles. The van der Waals surface area contributed by atoms with Gasteiger partial charge in [0, 0.05) is 24.7 Å². The standard InChI is InChI=1S/C12H13F4N3O2/c1-7(20)17-8-2-10(19-5-12(15,16)6-19)18-11(3-8)21-4-9(13)14/h2-3,9H,4-6H2,1H3,(H,17,18,20). The normalized spacial score (nSPS) is 16.6. The van der Waals surface area contributed by atoms with Crippen LogP contribution < -0.4 is 15.0 Å². The second kappa shape index (κ2) is 5.74. The van der Waals surface area contributed by atoms with E-state index in [1.807, 2.05) is 0 Å². The number of hydrogen-bond acceptors (Lipinski definition) is 4. The fourth-order valence-corrected chi connectivity index (χ4v) is 1.83. The molecule has 2 heterocycles. The molecule has 0 spiro atoms. The maximum atomic E-state index is 12.9. The van der Waals surface area contributed by atoms with Gasteiger partial charge in [-0.25, -0.2) is 17.6 Å². The second-order valence-corrected chi connectivity index (χ2v) is 4.65. The molecule has 21 heavy (non-hydrogen) atoms. The van der Waals surface area contributed by atoms with E-state index in [1.54, 1.807) is 0 Å². The van der Waals surface area contributed by atoms with E-state index in [0.717, 1.165) is 0 Å². The van der Waals surface area contributed by atoms with Gasteiger partial charge in [0.1, 0.15) is 5.82 Å². The fourth-order valence-electron chi connectivity index (χ4n) is 1.83. The van der Waals surface area contributed by atoms with E-state index in [9.17, 15) is 22.4 Å². The number of carbonyl (C=O) groups excluding carboxylic acids is 1. The van der Waals surface area contributed by atoms with Crippen LogP contribution in [0.3, 0.4) is 0 Å². The molecule has 0 saturated carbocycles. The van der Waals surface area contributed by atoms with Crippen molar-refractivity contribution in [1.29, 1.82) is 0 Å². The Kier molecular flexibility index (Phi) is 4.19. The number of halogens is 4. The Hall–Kier alpha value is -2.06. The summed E-state index contributed by atoms with van der Waals surface area (Å²) in [7, 11) is 0. The average Bonchev–Trinajstić information content (AvgIpc) is 2.32. The lowest BCUT2D eigenvalue weighted by molar-refractivity contribution is -0.114. The quantitative estimate of drug-likeness (QED) is 0.847. The van der Waals surface area contributed by atoms with Crippen LogP contribution in [0.2, 0.25) is 0 Å². The molecule has 1 aromatic heterocycles. The molecule has 2 rings (SSSR count). The Morgan fingerprint density at radius 1 is 1.48 bits per heavy atom. The van der Waals surface area contributed by atoms with E-state index in [-0.39, 0.29) is 23.3 Å². The molecule has 1 saturated heterocycles. The van der Waals surface area contributed by atoms with Crippen molar-refractivity contribution in [2.45, 2.75) is 19.3 Å². The monoisotopic (exact) mass is 307 g/mol. The zero-order valence-electron chi connectivity index (χ0n) is 11.1. The summed E-state index contributed by atoms with van der Waals surface area (Å²) in [5.41, 5.74) is 0.243. The number of nitrogens with zero attached hydrogens (tertiary/aromatic N) is 2. The van der Waals surface area contributed by atoms with Crippen LogP contribution in [0.4, 0.5) is 29.1 Å². The van der Waals surface area contributed by atoms with Crippen LogP contribution in [0.1, 0.15) is 6.92 Å². The molecular weight excluding hydrogens is 294 g/mol. The highest BCUT2D eigenvalue weighted by Crippen LogP contribution is 2.33. The number of rotatable bonds is 5. The Bertz CT molecular complexity index is 531. The van der Waals surface area contributed by atoms with Gasteiger partial charge in [-0.1, -0.05) is 0 Å². The second-order valence-electron chi connectivity index (χ2n) is 4.65. The number of aromatic nitrogens is 1.